The van der Waals surface area contributed by atoms with Gasteiger partial charge in [0.25, 0.3) is 0 Å². The molecule has 1 atom stereocenters. The maximum Gasteiger partial charge on any atom is 0.229 e. The zero-order chi connectivity index (χ0) is 16.2. The van der Waals surface area contributed by atoms with Crippen LogP contribution in [0.15, 0.2) is 53.1 Å². The van der Waals surface area contributed by atoms with E-state index < -0.39 is 0 Å². The molecular weight excluding hydrogens is 358 g/mol. The summed E-state index contributed by atoms with van der Waals surface area (Å²) in [4.78, 5) is 30.4. The van der Waals surface area contributed by atoms with E-state index >= 15 is 0 Å². The quantitative estimate of drug-likeness (QED) is 0.895. The molecule has 1 aliphatic rings. The van der Waals surface area contributed by atoms with Crippen molar-refractivity contribution in [1.82, 2.24) is 9.88 Å². The second kappa shape index (κ2) is 6.91. The Morgan fingerprint density at radius 2 is 2.04 bits per heavy atom. The first-order chi connectivity index (χ1) is 11.1. The van der Waals surface area contributed by atoms with Gasteiger partial charge in [-0.2, -0.15) is 0 Å². The number of nitrogens with zero attached hydrogens (tertiary/aromatic N) is 2. The summed E-state index contributed by atoms with van der Waals surface area (Å²) in [6.45, 7) is 0.865. The van der Waals surface area contributed by atoms with Gasteiger partial charge in [-0.3, -0.25) is 14.6 Å². The molecular formula is C17H16BrN3O2. The summed E-state index contributed by atoms with van der Waals surface area (Å²) in [5, 5.41) is 2.88. The number of carbonyl (C=O) groups is 2. The van der Waals surface area contributed by atoms with Gasteiger partial charge >= 0.3 is 0 Å². The number of nitrogens with one attached hydrogen (secondary N) is 1. The zero-order valence-electron chi connectivity index (χ0n) is 12.4. The van der Waals surface area contributed by atoms with Crippen LogP contribution in [0.4, 0.5) is 5.69 Å². The van der Waals surface area contributed by atoms with Gasteiger partial charge in [0, 0.05) is 23.6 Å². The molecule has 0 saturated carbocycles. The highest BCUT2D eigenvalue weighted by atomic mass is 79.9. The van der Waals surface area contributed by atoms with E-state index in [-0.39, 0.29) is 24.2 Å². The van der Waals surface area contributed by atoms with Crippen molar-refractivity contribution < 1.29 is 9.59 Å². The minimum atomic E-state index is -0.335. The fourth-order valence-electron chi connectivity index (χ4n) is 2.59. The lowest BCUT2D eigenvalue weighted by atomic mass is 10.1. The number of benzene rings is 1. The van der Waals surface area contributed by atoms with Crippen molar-refractivity contribution in [3.8, 4) is 0 Å². The highest BCUT2D eigenvalue weighted by Gasteiger charge is 2.34. The molecule has 2 heterocycles. The van der Waals surface area contributed by atoms with E-state index in [9.17, 15) is 9.59 Å². The van der Waals surface area contributed by atoms with E-state index in [1.807, 2.05) is 42.5 Å². The molecule has 0 spiro atoms. The van der Waals surface area contributed by atoms with Crippen LogP contribution in [-0.2, 0) is 16.1 Å². The molecule has 0 bridgehead atoms. The molecule has 1 unspecified atom stereocenters. The van der Waals surface area contributed by atoms with Crippen molar-refractivity contribution in [2.75, 3.05) is 11.9 Å². The number of rotatable bonds is 4. The van der Waals surface area contributed by atoms with Crippen LogP contribution in [0.2, 0.25) is 0 Å². The van der Waals surface area contributed by atoms with Gasteiger partial charge in [0.2, 0.25) is 11.8 Å². The topological polar surface area (TPSA) is 62.3 Å². The molecule has 6 heteroatoms. The number of anilines is 1. The Balaban J connectivity index is 1.63. The number of aromatic nitrogens is 1. The van der Waals surface area contributed by atoms with Crippen LogP contribution >= 0.6 is 15.9 Å². The third-order valence-electron chi connectivity index (χ3n) is 3.80. The molecule has 2 amide bonds. The van der Waals surface area contributed by atoms with E-state index in [4.69, 9.17) is 0 Å². The van der Waals surface area contributed by atoms with Crippen molar-refractivity contribution in [1.29, 1.82) is 0 Å². The van der Waals surface area contributed by atoms with Gasteiger partial charge in [-0.25, -0.2) is 0 Å². The predicted molar refractivity (Wildman–Crippen MR) is 90.5 cm³/mol. The van der Waals surface area contributed by atoms with Crippen LogP contribution < -0.4 is 5.32 Å². The van der Waals surface area contributed by atoms with E-state index in [0.29, 0.717) is 18.8 Å². The molecule has 118 valence electrons. The van der Waals surface area contributed by atoms with E-state index in [0.717, 1.165) is 10.2 Å². The smallest absolute Gasteiger partial charge is 0.229 e. The highest BCUT2D eigenvalue weighted by molar-refractivity contribution is 9.10. The average molecular weight is 374 g/mol. The molecule has 1 fully saturated rings. The lowest BCUT2D eigenvalue weighted by Gasteiger charge is -2.16. The molecule has 1 saturated heterocycles. The molecule has 2 aromatic rings. The molecule has 1 N–H and O–H groups in total. The molecule has 5 nitrogen and oxygen atoms in total. The first-order valence-corrected chi connectivity index (χ1v) is 8.16. The first kappa shape index (κ1) is 15.7. The summed E-state index contributed by atoms with van der Waals surface area (Å²) in [7, 11) is 0. The van der Waals surface area contributed by atoms with Gasteiger partial charge in [0.15, 0.2) is 0 Å². The molecule has 0 radical (unpaired) electrons. The number of pyridine rings is 1. The van der Waals surface area contributed by atoms with E-state index in [2.05, 4.69) is 26.2 Å². The van der Waals surface area contributed by atoms with Crippen molar-refractivity contribution in [2.24, 2.45) is 5.92 Å². The van der Waals surface area contributed by atoms with Gasteiger partial charge in [0.05, 0.1) is 23.8 Å². The standard InChI is InChI=1S/C17H16BrN3O2/c18-14-6-1-2-7-15(14)20-17(23)12-9-16(22)21(10-12)11-13-5-3-4-8-19-13/h1-8,12H,9-11H2,(H,20,23). The lowest BCUT2D eigenvalue weighted by Crippen LogP contribution is -2.28. The van der Waals surface area contributed by atoms with Crippen molar-refractivity contribution >= 4 is 33.4 Å². The maximum absolute atomic E-state index is 12.4. The Hall–Kier alpha value is -2.21. The number of hydrogen-bond acceptors (Lipinski definition) is 3. The Kier molecular flexibility index (Phi) is 4.71. The fourth-order valence-corrected chi connectivity index (χ4v) is 2.97. The number of amides is 2. The monoisotopic (exact) mass is 373 g/mol. The van der Waals surface area contributed by atoms with Crippen LogP contribution in [0.5, 0.6) is 0 Å². The van der Waals surface area contributed by atoms with Crippen LogP contribution in [0.25, 0.3) is 0 Å². The molecule has 1 aliphatic heterocycles. The van der Waals surface area contributed by atoms with E-state index in [1.54, 1.807) is 11.1 Å². The second-order valence-electron chi connectivity index (χ2n) is 5.47. The summed E-state index contributed by atoms with van der Waals surface area (Å²) in [5.41, 5.74) is 1.54. The molecule has 23 heavy (non-hydrogen) atoms. The Morgan fingerprint density at radius 3 is 2.78 bits per heavy atom. The molecule has 0 aliphatic carbocycles. The lowest BCUT2D eigenvalue weighted by molar-refractivity contribution is -0.128. The minimum absolute atomic E-state index is 0.0112. The van der Waals surface area contributed by atoms with Gasteiger partial charge < -0.3 is 10.2 Å². The zero-order valence-corrected chi connectivity index (χ0v) is 14.0. The van der Waals surface area contributed by atoms with Gasteiger partial charge in [0.1, 0.15) is 0 Å². The number of hydrogen-bond donors (Lipinski definition) is 1. The first-order valence-electron chi connectivity index (χ1n) is 7.36. The van der Waals surface area contributed by atoms with Gasteiger partial charge in [-0.05, 0) is 40.2 Å². The Bertz CT molecular complexity index is 721. The highest BCUT2D eigenvalue weighted by Crippen LogP contribution is 2.25. The van der Waals surface area contributed by atoms with Crippen molar-refractivity contribution in [3.05, 3.63) is 58.8 Å². The summed E-state index contributed by atoms with van der Waals surface area (Å²) in [6.07, 6.45) is 1.94. The Morgan fingerprint density at radius 1 is 1.26 bits per heavy atom. The number of halogens is 1. The fraction of sp³-hybridized carbons (Fsp3) is 0.235. The average Bonchev–Trinajstić information content (AvgIpc) is 2.92. The van der Waals surface area contributed by atoms with Crippen molar-refractivity contribution in [3.63, 3.8) is 0 Å². The van der Waals surface area contributed by atoms with Crippen molar-refractivity contribution in [2.45, 2.75) is 13.0 Å². The summed E-state index contributed by atoms with van der Waals surface area (Å²) >= 11 is 3.40. The normalized spacial score (nSPS) is 17.3. The minimum Gasteiger partial charge on any atom is -0.336 e. The number of carbonyl (C=O) groups excluding carboxylic acids is 2. The SMILES string of the molecule is O=C(Nc1ccccc1Br)C1CC(=O)N(Cc2ccccn2)C1. The number of para-hydroxylation sites is 1. The third kappa shape index (κ3) is 3.76. The molecule has 1 aromatic heterocycles. The number of likely N-dealkylation sites (tertiary alicyclic amines) is 1. The van der Waals surface area contributed by atoms with Crippen LogP contribution in [0, 0.1) is 5.92 Å². The molecule has 1 aromatic carbocycles. The van der Waals surface area contributed by atoms with Crippen LogP contribution in [0.1, 0.15) is 12.1 Å². The largest absolute Gasteiger partial charge is 0.336 e. The Labute approximate surface area is 142 Å². The summed E-state index contributed by atoms with van der Waals surface area (Å²) < 4.78 is 0.822. The maximum atomic E-state index is 12.4. The molecule has 3 rings (SSSR count). The summed E-state index contributed by atoms with van der Waals surface area (Å²) in [6, 6.07) is 13.0. The van der Waals surface area contributed by atoms with E-state index in [1.165, 1.54) is 0 Å². The van der Waals surface area contributed by atoms with Gasteiger partial charge in [-0.15, -0.1) is 0 Å². The predicted octanol–water partition coefficient (Wildman–Crippen LogP) is 2.83. The van der Waals surface area contributed by atoms with Gasteiger partial charge in [-0.1, -0.05) is 18.2 Å². The second-order valence-corrected chi connectivity index (χ2v) is 6.32. The van der Waals surface area contributed by atoms with Crippen LogP contribution in [-0.4, -0.2) is 28.2 Å². The van der Waals surface area contributed by atoms with Crippen LogP contribution in [0.3, 0.4) is 0 Å². The summed E-state index contributed by atoms with van der Waals surface area (Å²) in [5.74, 6) is -0.477. The third-order valence-corrected chi connectivity index (χ3v) is 4.49.